The van der Waals surface area contributed by atoms with Crippen molar-refractivity contribution in [3.05, 3.63) is 120 Å². The van der Waals surface area contributed by atoms with Gasteiger partial charge in [-0.15, -0.1) is 0 Å². The molecule has 8 aromatic rings. The molecule has 378 valence electrons. The second kappa shape index (κ2) is 22.2. The molecule has 73 heavy (non-hydrogen) atoms. The first-order chi connectivity index (χ1) is 35.0. The van der Waals surface area contributed by atoms with Crippen LogP contribution in [0.3, 0.4) is 0 Å². The van der Waals surface area contributed by atoms with Crippen LogP contribution in [0.5, 0.6) is 0 Å². The van der Waals surface area contributed by atoms with Crippen LogP contribution in [0.1, 0.15) is 35.3 Å². The maximum Gasteiger partial charge on any atom is 0.416 e. The average Bonchev–Trinajstić information content (AvgIpc) is 3.88. The predicted octanol–water partition coefficient (Wildman–Crippen LogP) is 9.19. The summed E-state index contributed by atoms with van der Waals surface area (Å²) in [6, 6.07) is 19.9. The Hall–Kier alpha value is -8.57. The quantitative estimate of drug-likeness (QED) is 0.0469. The van der Waals surface area contributed by atoms with Gasteiger partial charge < -0.3 is 36.6 Å². The van der Waals surface area contributed by atoms with E-state index in [0.29, 0.717) is 64.5 Å². The molecule has 0 radical (unpaired) electrons. The number of nitrogens with zero attached hydrogens (tertiary/aromatic N) is 9. The number of aromatic nitrogens is 8. The number of urea groups is 2. The smallest absolute Gasteiger partial charge is 0.379 e. The lowest BCUT2D eigenvalue weighted by molar-refractivity contribution is -0.137. The van der Waals surface area contributed by atoms with Gasteiger partial charge in [-0.05, 0) is 80.9 Å². The number of nitrogens with one attached hydrogen (secondary N) is 6. The summed E-state index contributed by atoms with van der Waals surface area (Å²) in [6.45, 7) is 11.1. The van der Waals surface area contributed by atoms with E-state index in [1.54, 1.807) is 77.3 Å². The number of Topliss-reactive ketones (excluding diaryl/α,β-unsaturated/α-hetero) is 1. The number of aryl methyl sites for hydroxylation is 3. The van der Waals surface area contributed by atoms with Crippen molar-refractivity contribution in [1.82, 2.24) is 44.4 Å². The monoisotopic (exact) mass is 1000 g/mol. The first-order valence-corrected chi connectivity index (χ1v) is 23.1. The molecule has 1 aliphatic heterocycles. The first kappa shape index (κ1) is 50.8. The normalized spacial score (nSPS) is 12.7. The van der Waals surface area contributed by atoms with Gasteiger partial charge in [0.2, 0.25) is 11.9 Å². The number of benzene rings is 4. The molecule has 0 bridgehead atoms. The SMILES string of the molecule is CC(=O)c1cccc(NC(=O)Nc2ccc(-c3nn(C)c4nc(NCCN5CCOCC5)ncc34)cc2C)c1.CCNc1ncc2c(-c3ccc(NC(=O)Nc4ccc(C(F)(F)F)cc4F)cc3)nn(C)c2n1. The number of ether oxygens (including phenoxy) is 1. The third kappa shape index (κ3) is 12.5. The summed E-state index contributed by atoms with van der Waals surface area (Å²) in [5, 5.41) is 27.5. The Kier molecular flexibility index (Phi) is 15.5. The Morgan fingerprint density at radius 2 is 1.29 bits per heavy atom. The summed E-state index contributed by atoms with van der Waals surface area (Å²) in [5.41, 5.74) is 5.97. The summed E-state index contributed by atoms with van der Waals surface area (Å²) >= 11 is 0. The lowest BCUT2D eigenvalue weighted by Gasteiger charge is -2.26. The summed E-state index contributed by atoms with van der Waals surface area (Å²) < 4.78 is 60.7. The molecule has 0 aliphatic carbocycles. The van der Waals surface area contributed by atoms with Crippen molar-refractivity contribution in [1.29, 1.82) is 0 Å². The molecule has 4 aromatic carbocycles. The fourth-order valence-electron chi connectivity index (χ4n) is 7.82. The number of hydrogen-bond acceptors (Lipinski definition) is 13. The second-order valence-corrected chi connectivity index (χ2v) is 16.8. The number of ketones is 1. The van der Waals surface area contributed by atoms with E-state index in [1.807, 2.05) is 39.1 Å². The van der Waals surface area contributed by atoms with Crippen molar-refractivity contribution in [3.8, 4) is 22.5 Å². The van der Waals surface area contributed by atoms with E-state index in [2.05, 4.69) is 61.8 Å². The van der Waals surface area contributed by atoms with Gasteiger partial charge in [0.1, 0.15) is 17.2 Å². The number of carbonyl (C=O) groups excluding carboxylic acids is 3. The second-order valence-electron chi connectivity index (χ2n) is 16.8. The van der Waals surface area contributed by atoms with E-state index in [4.69, 9.17) is 9.84 Å². The summed E-state index contributed by atoms with van der Waals surface area (Å²) in [4.78, 5) is 56.7. The lowest BCUT2D eigenvalue weighted by Crippen LogP contribution is -2.39. The fourth-order valence-corrected chi connectivity index (χ4v) is 7.82. The van der Waals surface area contributed by atoms with Gasteiger partial charge in [-0.25, -0.2) is 33.3 Å². The van der Waals surface area contributed by atoms with Gasteiger partial charge in [0.25, 0.3) is 0 Å². The topological polar surface area (TPSA) is 223 Å². The Bertz CT molecular complexity index is 3300. The summed E-state index contributed by atoms with van der Waals surface area (Å²) in [7, 11) is 3.64. The standard InChI is InChI=1S/C28H32N8O3.C22H19F4N7O/c1-18-15-21(7-8-24(18)32-28(38)31-22-6-4-5-20(16-22)19(2)37)25-23-17-30-27(33-26(23)35(3)34-25)29-9-10-36-11-13-39-14-12-36;1-3-27-20-28-11-15-18(32-33(2)19(15)31-20)12-4-7-14(8-5-12)29-21(34)30-17-9-6-13(10-16(17)23)22(24,25)26/h4-8,15-17H,9-14H2,1-3H3,(H,29,30,33)(H2,31,32,38);4-11H,3H2,1-2H3,(H,27,28,31)(H2,29,30,34). The van der Waals surface area contributed by atoms with E-state index < -0.39 is 29.6 Å². The number of fused-ring (bicyclic) bond motifs is 2. The van der Waals surface area contributed by atoms with Crippen LogP contribution in [0.2, 0.25) is 0 Å². The van der Waals surface area contributed by atoms with Gasteiger partial charge in [0.15, 0.2) is 17.1 Å². The molecule has 23 heteroatoms. The highest BCUT2D eigenvalue weighted by Gasteiger charge is 2.31. The lowest BCUT2D eigenvalue weighted by atomic mass is 10.1. The number of anilines is 6. The van der Waals surface area contributed by atoms with E-state index in [0.717, 1.165) is 84.3 Å². The van der Waals surface area contributed by atoms with E-state index in [1.165, 1.54) is 6.92 Å². The van der Waals surface area contributed by atoms with Crippen molar-refractivity contribution in [2.45, 2.75) is 26.9 Å². The fraction of sp³-hybridized carbons (Fsp3) is 0.260. The van der Waals surface area contributed by atoms with Gasteiger partial charge in [-0.3, -0.25) is 9.69 Å². The van der Waals surface area contributed by atoms with Gasteiger partial charge in [-0.1, -0.05) is 30.3 Å². The van der Waals surface area contributed by atoms with Gasteiger partial charge >= 0.3 is 18.2 Å². The minimum Gasteiger partial charge on any atom is -0.379 e. The Balaban J connectivity index is 0.000000197. The minimum absolute atomic E-state index is 0.0609. The highest BCUT2D eigenvalue weighted by atomic mass is 19.4. The molecular weight excluding hydrogens is 951 g/mol. The van der Waals surface area contributed by atoms with Crippen molar-refractivity contribution < 1.29 is 36.7 Å². The number of amides is 4. The molecule has 19 nitrogen and oxygen atoms in total. The van der Waals surface area contributed by atoms with Crippen LogP contribution in [0.25, 0.3) is 44.6 Å². The van der Waals surface area contributed by atoms with Crippen LogP contribution in [-0.4, -0.2) is 108 Å². The summed E-state index contributed by atoms with van der Waals surface area (Å²) in [5.74, 6) is -0.184. The molecule has 0 spiro atoms. The Labute approximate surface area is 415 Å². The van der Waals surface area contributed by atoms with E-state index in [-0.39, 0.29) is 11.5 Å². The zero-order chi connectivity index (χ0) is 51.8. The molecular formula is C50H51F4N15O4. The number of carbonyl (C=O) groups is 3. The van der Waals surface area contributed by atoms with Crippen LogP contribution in [0.15, 0.2) is 97.3 Å². The highest BCUT2D eigenvalue weighted by molar-refractivity contribution is 6.02. The van der Waals surface area contributed by atoms with Crippen LogP contribution in [0.4, 0.5) is 61.8 Å². The van der Waals surface area contributed by atoms with Crippen LogP contribution in [0, 0.1) is 12.7 Å². The third-order valence-corrected chi connectivity index (χ3v) is 11.5. The molecule has 6 N–H and O–H groups in total. The number of halogens is 4. The van der Waals surface area contributed by atoms with Gasteiger partial charge in [0.05, 0.1) is 35.2 Å². The van der Waals surface area contributed by atoms with Crippen molar-refractivity contribution >= 4 is 74.6 Å². The molecule has 5 heterocycles. The molecule has 4 amide bonds. The highest BCUT2D eigenvalue weighted by Crippen LogP contribution is 2.33. The molecule has 1 fully saturated rings. The molecule has 0 unspecified atom stereocenters. The first-order valence-electron chi connectivity index (χ1n) is 23.1. The number of alkyl halides is 3. The van der Waals surface area contributed by atoms with Crippen molar-refractivity contribution in [2.24, 2.45) is 14.1 Å². The van der Waals surface area contributed by atoms with E-state index >= 15 is 0 Å². The predicted molar refractivity (Wildman–Crippen MR) is 271 cm³/mol. The van der Waals surface area contributed by atoms with Crippen molar-refractivity contribution in [2.75, 3.05) is 77.8 Å². The number of rotatable bonds is 13. The van der Waals surface area contributed by atoms with Gasteiger partial charge in [0, 0.05) is 93.0 Å². The number of morpholine rings is 1. The van der Waals surface area contributed by atoms with Crippen molar-refractivity contribution in [3.63, 3.8) is 0 Å². The molecule has 0 saturated carbocycles. The largest absolute Gasteiger partial charge is 0.416 e. The molecule has 0 atom stereocenters. The zero-order valence-corrected chi connectivity index (χ0v) is 40.4. The zero-order valence-electron chi connectivity index (χ0n) is 40.4. The van der Waals surface area contributed by atoms with Crippen LogP contribution in [-0.2, 0) is 25.0 Å². The maximum absolute atomic E-state index is 14.0. The Morgan fingerprint density at radius 3 is 1.89 bits per heavy atom. The molecule has 4 aromatic heterocycles. The summed E-state index contributed by atoms with van der Waals surface area (Å²) in [6.07, 6.45) is -1.20. The average molecular weight is 1000 g/mol. The van der Waals surface area contributed by atoms with Crippen LogP contribution >= 0.6 is 0 Å². The number of hydrogen-bond donors (Lipinski definition) is 6. The molecule has 1 aliphatic rings. The van der Waals surface area contributed by atoms with Crippen LogP contribution < -0.4 is 31.9 Å². The third-order valence-electron chi connectivity index (χ3n) is 11.5. The molecule has 1 saturated heterocycles. The van der Waals surface area contributed by atoms with Gasteiger partial charge in [-0.2, -0.15) is 33.3 Å². The Morgan fingerprint density at radius 1 is 0.699 bits per heavy atom. The van der Waals surface area contributed by atoms with E-state index in [9.17, 15) is 31.9 Å². The minimum atomic E-state index is -4.68. The molecule has 9 rings (SSSR count). The maximum atomic E-state index is 14.0.